The Balaban J connectivity index is 2.99. The lowest BCUT2D eigenvalue weighted by atomic mass is 10.2. The number of anilines is 1. The number of carbonyl (C=O) groups is 1. The van der Waals surface area contributed by atoms with Crippen LogP contribution in [0.4, 0.5) is 20.2 Å². The Kier molecular flexibility index (Phi) is 4.74. The summed E-state index contributed by atoms with van der Waals surface area (Å²) in [5.74, 6) is -3.53. The number of nitrogens with zero attached hydrogens (tertiary/aromatic N) is 2. The van der Waals surface area contributed by atoms with Crippen LogP contribution in [-0.2, 0) is 4.79 Å². The first kappa shape index (κ1) is 14.8. The van der Waals surface area contributed by atoms with Crippen LogP contribution in [0.5, 0.6) is 0 Å². The van der Waals surface area contributed by atoms with E-state index < -0.39 is 33.9 Å². The third-order valence-corrected chi connectivity index (χ3v) is 2.51. The molecule has 19 heavy (non-hydrogen) atoms. The van der Waals surface area contributed by atoms with Gasteiger partial charge in [-0.1, -0.05) is 0 Å². The summed E-state index contributed by atoms with van der Waals surface area (Å²) in [6, 6.07) is 1.56. The van der Waals surface area contributed by atoms with Crippen molar-refractivity contribution < 1.29 is 23.6 Å². The SMILES string of the molecule is CN(CCCC(=O)O)c1c([N+](=O)[O-])ccc(F)c1F. The molecule has 0 spiro atoms. The zero-order valence-electron chi connectivity index (χ0n) is 10.1. The maximum atomic E-state index is 13.6. The lowest BCUT2D eigenvalue weighted by Crippen LogP contribution is -2.22. The lowest BCUT2D eigenvalue weighted by Gasteiger charge is -2.19. The molecule has 8 heteroatoms. The van der Waals surface area contributed by atoms with Crippen LogP contribution >= 0.6 is 0 Å². The van der Waals surface area contributed by atoms with Gasteiger partial charge in [-0.15, -0.1) is 0 Å². The van der Waals surface area contributed by atoms with E-state index in [0.29, 0.717) is 6.07 Å². The number of halogens is 2. The third kappa shape index (κ3) is 3.60. The number of hydrogen-bond donors (Lipinski definition) is 1. The molecule has 0 saturated heterocycles. The topological polar surface area (TPSA) is 83.7 Å². The molecule has 6 nitrogen and oxygen atoms in total. The van der Waals surface area contributed by atoms with Gasteiger partial charge in [0.05, 0.1) is 4.92 Å². The van der Waals surface area contributed by atoms with Crippen LogP contribution < -0.4 is 4.90 Å². The fraction of sp³-hybridized carbons (Fsp3) is 0.364. The second-order valence-corrected chi connectivity index (χ2v) is 3.91. The summed E-state index contributed by atoms with van der Waals surface area (Å²) in [4.78, 5) is 21.4. The minimum atomic E-state index is -1.31. The molecule has 1 N–H and O–H groups in total. The van der Waals surface area contributed by atoms with E-state index >= 15 is 0 Å². The van der Waals surface area contributed by atoms with E-state index in [4.69, 9.17) is 5.11 Å². The molecule has 0 aromatic heterocycles. The smallest absolute Gasteiger partial charge is 0.303 e. The number of nitro benzene ring substituents is 1. The molecular formula is C11H12F2N2O4. The summed E-state index contributed by atoms with van der Waals surface area (Å²) in [5, 5.41) is 19.2. The van der Waals surface area contributed by atoms with Crippen LogP contribution in [0.2, 0.25) is 0 Å². The number of benzene rings is 1. The van der Waals surface area contributed by atoms with Gasteiger partial charge in [0.1, 0.15) is 0 Å². The first-order valence-electron chi connectivity index (χ1n) is 5.40. The third-order valence-electron chi connectivity index (χ3n) is 2.51. The normalized spacial score (nSPS) is 10.3. The quantitative estimate of drug-likeness (QED) is 0.635. The summed E-state index contributed by atoms with van der Waals surface area (Å²) in [6.07, 6.45) is 0.00795. The number of hydrogen-bond acceptors (Lipinski definition) is 4. The van der Waals surface area contributed by atoms with E-state index in [1.165, 1.54) is 7.05 Å². The standard InChI is InChI=1S/C11H12F2N2O4/c1-14(6-2-3-9(16)17)11-8(15(18)19)5-4-7(12)10(11)13/h4-5H,2-3,6H2,1H3,(H,16,17). The number of carboxylic acid groups (broad SMARTS) is 1. The zero-order chi connectivity index (χ0) is 14.6. The second-order valence-electron chi connectivity index (χ2n) is 3.91. The molecule has 0 aliphatic heterocycles. The zero-order valence-corrected chi connectivity index (χ0v) is 10.1. The Morgan fingerprint density at radius 1 is 1.47 bits per heavy atom. The van der Waals surface area contributed by atoms with E-state index in [9.17, 15) is 23.7 Å². The van der Waals surface area contributed by atoms with Gasteiger partial charge in [0, 0.05) is 26.1 Å². The van der Waals surface area contributed by atoms with Crippen LogP contribution in [0.25, 0.3) is 0 Å². The molecule has 0 heterocycles. The molecule has 1 aromatic rings. The van der Waals surface area contributed by atoms with Crippen molar-refractivity contribution in [2.75, 3.05) is 18.5 Å². The Morgan fingerprint density at radius 3 is 2.63 bits per heavy atom. The molecule has 104 valence electrons. The number of aliphatic carboxylic acids is 1. The van der Waals surface area contributed by atoms with E-state index in [1.54, 1.807) is 0 Å². The first-order valence-corrected chi connectivity index (χ1v) is 5.40. The van der Waals surface area contributed by atoms with Gasteiger partial charge in [0.15, 0.2) is 17.3 Å². The van der Waals surface area contributed by atoms with Crippen molar-refractivity contribution >= 4 is 17.3 Å². The van der Waals surface area contributed by atoms with Gasteiger partial charge in [-0.25, -0.2) is 8.78 Å². The van der Waals surface area contributed by atoms with Crippen molar-refractivity contribution in [2.45, 2.75) is 12.8 Å². The molecular weight excluding hydrogens is 262 g/mol. The maximum Gasteiger partial charge on any atom is 0.303 e. The molecule has 0 aliphatic rings. The molecule has 0 radical (unpaired) electrons. The molecule has 0 fully saturated rings. The minimum Gasteiger partial charge on any atom is -0.481 e. The fourth-order valence-electron chi connectivity index (χ4n) is 1.62. The van der Waals surface area contributed by atoms with E-state index in [-0.39, 0.29) is 19.4 Å². The van der Waals surface area contributed by atoms with Gasteiger partial charge in [-0.05, 0) is 12.5 Å². The monoisotopic (exact) mass is 274 g/mol. The average molecular weight is 274 g/mol. The Bertz CT molecular complexity index is 508. The molecule has 0 unspecified atom stereocenters. The highest BCUT2D eigenvalue weighted by Gasteiger charge is 2.24. The van der Waals surface area contributed by atoms with E-state index in [0.717, 1.165) is 11.0 Å². The Hall–Kier alpha value is -2.25. The summed E-state index contributed by atoms with van der Waals surface area (Å²) in [5.41, 5.74) is -1.04. The number of rotatable bonds is 6. The highest BCUT2D eigenvalue weighted by Crippen LogP contribution is 2.31. The summed E-state index contributed by atoms with van der Waals surface area (Å²) in [6.45, 7) is 0.0630. The van der Waals surface area contributed by atoms with Gasteiger partial charge in [-0.3, -0.25) is 14.9 Å². The Labute approximate surface area is 107 Å². The predicted octanol–water partition coefficient (Wildman–Crippen LogP) is 2.17. The van der Waals surface area contributed by atoms with Crippen molar-refractivity contribution in [1.29, 1.82) is 0 Å². The van der Waals surface area contributed by atoms with Crippen LogP contribution in [-0.4, -0.2) is 29.6 Å². The minimum absolute atomic E-state index is 0.0630. The molecule has 0 saturated carbocycles. The van der Waals surface area contributed by atoms with Crippen LogP contribution in [0.3, 0.4) is 0 Å². The fourth-order valence-corrected chi connectivity index (χ4v) is 1.62. The Morgan fingerprint density at radius 2 is 2.11 bits per heavy atom. The highest BCUT2D eigenvalue weighted by atomic mass is 19.2. The molecule has 1 rings (SSSR count). The second kappa shape index (κ2) is 6.07. The highest BCUT2D eigenvalue weighted by molar-refractivity contribution is 5.67. The van der Waals surface area contributed by atoms with Crippen molar-refractivity contribution in [2.24, 2.45) is 0 Å². The lowest BCUT2D eigenvalue weighted by molar-refractivity contribution is -0.384. The number of nitro groups is 1. The average Bonchev–Trinajstić information content (AvgIpc) is 2.31. The van der Waals surface area contributed by atoms with Crippen molar-refractivity contribution in [3.05, 3.63) is 33.9 Å². The molecule has 0 atom stereocenters. The molecule has 1 aromatic carbocycles. The first-order chi connectivity index (χ1) is 8.84. The van der Waals surface area contributed by atoms with Gasteiger partial charge >= 0.3 is 5.97 Å². The summed E-state index contributed by atoms with van der Waals surface area (Å²) < 4.78 is 26.7. The van der Waals surface area contributed by atoms with Gasteiger partial charge in [0.2, 0.25) is 0 Å². The molecule has 0 bridgehead atoms. The van der Waals surface area contributed by atoms with Gasteiger partial charge in [0.25, 0.3) is 5.69 Å². The van der Waals surface area contributed by atoms with Crippen LogP contribution in [0.15, 0.2) is 12.1 Å². The van der Waals surface area contributed by atoms with Crippen molar-refractivity contribution in [3.8, 4) is 0 Å². The number of carboxylic acids is 1. The van der Waals surface area contributed by atoms with Gasteiger partial charge < -0.3 is 10.0 Å². The van der Waals surface area contributed by atoms with Crippen molar-refractivity contribution in [3.63, 3.8) is 0 Å². The largest absolute Gasteiger partial charge is 0.481 e. The van der Waals surface area contributed by atoms with Crippen molar-refractivity contribution in [1.82, 2.24) is 0 Å². The van der Waals surface area contributed by atoms with Crippen LogP contribution in [0, 0.1) is 21.7 Å². The van der Waals surface area contributed by atoms with E-state index in [2.05, 4.69) is 0 Å². The summed E-state index contributed by atoms with van der Waals surface area (Å²) >= 11 is 0. The molecule has 0 amide bonds. The molecule has 0 aliphatic carbocycles. The predicted molar refractivity (Wildman–Crippen MR) is 63.2 cm³/mol. The summed E-state index contributed by atoms with van der Waals surface area (Å²) in [7, 11) is 1.34. The van der Waals surface area contributed by atoms with E-state index in [1.807, 2.05) is 0 Å². The van der Waals surface area contributed by atoms with Gasteiger partial charge in [-0.2, -0.15) is 0 Å². The maximum absolute atomic E-state index is 13.6. The van der Waals surface area contributed by atoms with Crippen LogP contribution in [0.1, 0.15) is 12.8 Å².